The topological polar surface area (TPSA) is 100 Å². The highest BCUT2D eigenvalue weighted by atomic mass is 32.1. The SMILES string of the molecule is Cc1c(C)c2c(c(C)c1O)CCC(C)(C(=O)NC1CCCN1c1ccc(N=C(N)c3cccs3)cc1)O2. The minimum atomic E-state index is -0.972. The normalized spacial score (nSPS) is 21.5. The Bertz CT molecular complexity index is 1350. The van der Waals surface area contributed by atoms with Gasteiger partial charge in [-0.1, -0.05) is 6.07 Å². The second-order valence-corrected chi connectivity index (χ2v) is 11.1. The van der Waals surface area contributed by atoms with Crippen molar-refractivity contribution in [3.8, 4) is 11.5 Å². The van der Waals surface area contributed by atoms with E-state index in [2.05, 4.69) is 15.2 Å². The Morgan fingerprint density at radius 1 is 1.19 bits per heavy atom. The summed E-state index contributed by atoms with van der Waals surface area (Å²) in [7, 11) is 0. The molecule has 7 nitrogen and oxygen atoms in total. The van der Waals surface area contributed by atoms with Gasteiger partial charge in [-0.05, 0) is 99.4 Å². The van der Waals surface area contributed by atoms with Gasteiger partial charge in [-0.3, -0.25) is 4.79 Å². The minimum Gasteiger partial charge on any atom is -0.507 e. The zero-order valence-electron chi connectivity index (χ0n) is 21.8. The Labute approximate surface area is 222 Å². The molecule has 2 unspecified atom stereocenters. The van der Waals surface area contributed by atoms with E-state index in [1.807, 2.05) is 69.5 Å². The smallest absolute Gasteiger partial charge is 0.265 e. The van der Waals surface area contributed by atoms with Crippen molar-refractivity contribution in [2.45, 2.75) is 65.1 Å². The number of rotatable bonds is 5. The third-order valence-electron chi connectivity index (χ3n) is 7.76. The van der Waals surface area contributed by atoms with Crippen LogP contribution in [0.2, 0.25) is 0 Å². The molecule has 1 amide bonds. The molecule has 1 saturated heterocycles. The van der Waals surface area contributed by atoms with E-state index < -0.39 is 5.60 Å². The predicted octanol–water partition coefficient (Wildman–Crippen LogP) is 5.24. The summed E-state index contributed by atoms with van der Waals surface area (Å²) in [6.45, 7) is 8.47. The highest BCUT2D eigenvalue weighted by Crippen LogP contribution is 2.43. The summed E-state index contributed by atoms with van der Waals surface area (Å²) < 4.78 is 6.40. The lowest BCUT2D eigenvalue weighted by Crippen LogP contribution is -2.56. The molecule has 2 aromatic carbocycles. The van der Waals surface area contributed by atoms with Gasteiger partial charge in [-0.15, -0.1) is 11.3 Å². The van der Waals surface area contributed by atoms with Crippen LogP contribution in [0.4, 0.5) is 11.4 Å². The first kappa shape index (κ1) is 25.1. The fraction of sp³-hybridized carbons (Fsp3) is 0.379. The van der Waals surface area contributed by atoms with Crippen LogP contribution in [0.3, 0.4) is 0 Å². The Morgan fingerprint density at radius 2 is 1.95 bits per heavy atom. The van der Waals surface area contributed by atoms with Gasteiger partial charge in [0.15, 0.2) is 5.60 Å². The van der Waals surface area contributed by atoms with Gasteiger partial charge in [0.1, 0.15) is 23.5 Å². The van der Waals surface area contributed by atoms with Gasteiger partial charge >= 0.3 is 0 Å². The highest BCUT2D eigenvalue weighted by Gasteiger charge is 2.42. The number of fused-ring (bicyclic) bond motifs is 1. The number of nitrogens with zero attached hydrogens (tertiary/aromatic N) is 2. The molecule has 2 atom stereocenters. The van der Waals surface area contributed by atoms with Gasteiger partial charge in [-0.2, -0.15) is 0 Å². The van der Waals surface area contributed by atoms with Gasteiger partial charge in [0, 0.05) is 24.2 Å². The Balaban J connectivity index is 1.30. The lowest BCUT2D eigenvalue weighted by atomic mass is 9.86. The Hall–Kier alpha value is -3.52. The van der Waals surface area contributed by atoms with Crippen LogP contribution in [-0.2, 0) is 11.2 Å². The molecule has 2 aliphatic rings. The number of benzene rings is 2. The summed E-state index contributed by atoms with van der Waals surface area (Å²) in [5.41, 5.74) is 10.5. The molecule has 0 saturated carbocycles. The monoisotopic (exact) mass is 518 g/mol. The number of amides is 1. The maximum Gasteiger partial charge on any atom is 0.265 e. The van der Waals surface area contributed by atoms with E-state index in [1.54, 1.807) is 11.3 Å². The van der Waals surface area contributed by atoms with Crippen molar-refractivity contribution in [2.24, 2.45) is 10.7 Å². The first-order chi connectivity index (χ1) is 17.7. The molecule has 1 aromatic heterocycles. The molecule has 8 heteroatoms. The van der Waals surface area contributed by atoms with E-state index in [4.69, 9.17) is 10.5 Å². The molecular weight excluding hydrogens is 484 g/mol. The van der Waals surface area contributed by atoms with Crippen LogP contribution < -0.4 is 20.7 Å². The van der Waals surface area contributed by atoms with Crippen LogP contribution in [0.5, 0.6) is 11.5 Å². The maximum absolute atomic E-state index is 13.6. The van der Waals surface area contributed by atoms with Crippen LogP contribution in [0.1, 0.15) is 53.3 Å². The predicted molar refractivity (Wildman–Crippen MR) is 149 cm³/mol. The third kappa shape index (κ3) is 4.66. The number of aliphatic imine (C=N–C) groups is 1. The van der Waals surface area contributed by atoms with Crippen LogP contribution in [0.25, 0.3) is 0 Å². The fourth-order valence-corrected chi connectivity index (χ4v) is 5.90. The fourth-order valence-electron chi connectivity index (χ4n) is 5.27. The minimum absolute atomic E-state index is 0.107. The number of carbonyl (C=O) groups is 1. The van der Waals surface area contributed by atoms with E-state index in [0.717, 1.165) is 63.6 Å². The van der Waals surface area contributed by atoms with Crippen molar-refractivity contribution < 1.29 is 14.6 Å². The van der Waals surface area contributed by atoms with Crippen LogP contribution in [-0.4, -0.2) is 35.2 Å². The quantitative estimate of drug-likeness (QED) is 0.317. The summed E-state index contributed by atoms with van der Waals surface area (Å²) in [5.74, 6) is 1.45. The van der Waals surface area contributed by atoms with Crippen molar-refractivity contribution in [3.05, 3.63) is 68.9 Å². The summed E-state index contributed by atoms with van der Waals surface area (Å²) in [6, 6.07) is 11.9. The summed E-state index contributed by atoms with van der Waals surface area (Å²) >= 11 is 1.56. The molecule has 3 heterocycles. The van der Waals surface area contributed by atoms with Gasteiger partial charge in [-0.25, -0.2) is 4.99 Å². The van der Waals surface area contributed by atoms with E-state index in [-0.39, 0.29) is 12.1 Å². The van der Waals surface area contributed by atoms with Crippen LogP contribution in [0, 0.1) is 20.8 Å². The highest BCUT2D eigenvalue weighted by molar-refractivity contribution is 7.12. The van der Waals surface area contributed by atoms with Gasteiger partial charge in [0.2, 0.25) is 0 Å². The van der Waals surface area contributed by atoms with E-state index in [0.29, 0.717) is 24.4 Å². The maximum atomic E-state index is 13.6. The van der Waals surface area contributed by atoms with Crippen molar-refractivity contribution in [2.75, 3.05) is 11.4 Å². The van der Waals surface area contributed by atoms with Crippen LogP contribution in [0.15, 0.2) is 46.8 Å². The lowest BCUT2D eigenvalue weighted by Gasteiger charge is -2.38. The number of thiophene rings is 1. The second kappa shape index (κ2) is 9.74. The molecule has 0 aliphatic carbocycles. The molecule has 0 bridgehead atoms. The molecule has 2 aliphatic heterocycles. The molecule has 37 heavy (non-hydrogen) atoms. The number of anilines is 1. The molecular formula is C29H34N4O3S. The first-order valence-corrected chi connectivity index (χ1v) is 13.6. The number of nitrogens with two attached hydrogens (primary N) is 1. The zero-order chi connectivity index (χ0) is 26.3. The summed E-state index contributed by atoms with van der Waals surface area (Å²) in [6.07, 6.45) is 3.00. The largest absolute Gasteiger partial charge is 0.507 e. The third-order valence-corrected chi connectivity index (χ3v) is 8.65. The Kier molecular flexibility index (Phi) is 6.62. The summed E-state index contributed by atoms with van der Waals surface area (Å²) in [4.78, 5) is 21.3. The zero-order valence-corrected chi connectivity index (χ0v) is 22.6. The first-order valence-electron chi connectivity index (χ1n) is 12.7. The molecule has 0 spiro atoms. The average molecular weight is 519 g/mol. The van der Waals surface area contributed by atoms with E-state index >= 15 is 0 Å². The number of ether oxygens (including phenoxy) is 1. The number of amidine groups is 1. The molecule has 4 N–H and O–H groups in total. The lowest BCUT2D eigenvalue weighted by molar-refractivity contribution is -0.137. The molecule has 5 rings (SSSR count). The molecule has 1 fully saturated rings. The van der Waals surface area contributed by atoms with E-state index in [9.17, 15) is 9.90 Å². The number of nitrogens with one attached hydrogen (secondary N) is 1. The van der Waals surface area contributed by atoms with Crippen molar-refractivity contribution in [3.63, 3.8) is 0 Å². The van der Waals surface area contributed by atoms with E-state index in [1.165, 1.54) is 0 Å². The van der Waals surface area contributed by atoms with Crippen molar-refractivity contribution >= 4 is 34.5 Å². The number of phenolic OH excluding ortho intramolecular Hbond substituents is 1. The van der Waals surface area contributed by atoms with Gasteiger partial charge in [0.05, 0.1) is 10.6 Å². The molecule has 194 valence electrons. The number of hydrogen-bond acceptors (Lipinski definition) is 6. The average Bonchev–Trinajstić information content (AvgIpc) is 3.59. The standard InChI is InChI=1S/C29H34N4O3S/c1-17-18(2)26-22(19(3)25(17)34)13-14-29(4,36-26)28(35)32-24-8-5-15-33(24)21-11-9-20(10-12-21)31-27(30)23-7-6-16-37-23/h6-7,9-12,16,24,34H,5,8,13-15H2,1-4H3,(H2,30,31)(H,32,35). The Morgan fingerprint density at radius 3 is 2.65 bits per heavy atom. The summed E-state index contributed by atoms with van der Waals surface area (Å²) in [5, 5.41) is 15.7. The van der Waals surface area contributed by atoms with Crippen molar-refractivity contribution in [1.29, 1.82) is 0 Å². The van der Waals surface area contributed by atoms with Gasteiger partial charge in [0.25, 0.3) is 5.91 Å². The second-order valence-electron chi connectivity index (χ2n) is 10.2. The number of aromatic hydroxyl groups is 1. The number of phenols is 1. The van der Waals surface area contributed by atoms with Crippen molar-refractivity contribution in [1.82, 2.24) is 5.32 Å². The van der Waals surface area contributed by atoms with Crippen LogP contribution >= 0.6 is 11.3 Å². The molecule has 3 aromatic rings. The number of hydrogen-bond donors (Lipinski definition) is 3. The number of carbonyl (C=O) groups excluding carboxylic acids is 1. The van der Waals surface area contributed by atoms with Gasteiger partial charge < -0.3 is 25.8 Å². The molecule has 0 radical (unpaired) electrons.